The highest BCUT2D eigenvalue weighted by molar-refractivity contribution is 5.92. The summed E-state index contributed by atoms with van der Waals surface area (Å²) in [5, 5.41) is 2.94. The Labute approximate surface area is 148 Å². The van der Waals surface area contributed by atoms with Crippen molar-refractivity contribution in [1.29, 1.82) is 0 Å². The molecule has 0 spiro atoms. The summed E-state index contributed by atoms with van der Waals surface area (Å²) in [5.74, 6) is 0.752. The van der Waals surface area contributed by atoms with E-state index in [0.717, 1.165) is 42.3 Å². The SMILES string of the molecule is COc1ccc(CC(=O)Nc2ccc(C3CN(C)CCO3)cc2)cc1. The maximum absolute atomic E-state index is 12.2. The first kappa shape index (κ1) is 17.5. The number of ether oxygens (including phenoxy) is 2. The van der Waals surface area contributed by atoms with Crippen LogP contribution in [0.3, 0.4) is 0 Å². The minimum absolute atomic E-state index is 0.0356. The van der Waals surface area contributed by atoms with Gasteiger partial charge < -0.3 is 19.7 Å². The van der Waals surface area contributed by atoms with Crippen molar-refractivity contribution in [3.63, 3.8) is 0 Å². The molecule has 132 valence electrons. The Balaban J connectivity index is 1.56. The molecule has 5 nitrogen and oxygen atoms in total. The number of methoxy groups -OCH3 is 1. The largest absolute Gasteiger partial charge is 0.497 e. The quantitative estimate of drug-likeness (QED) is 0.909. The van der Waals surface area contributed by atoms with E-state index < -0.39 is 0 Å². The number of carbonyl (C=O) groups is 1. The topological polar surface area (TPSA) is 50.8 Å². The molecule has 1 heterocycles. The van der Waals surface area contributed by atoms with E-state index >= 15 is 0 Å². The van der Waals surface area contributed by atoms with Crippen LogP contribution in [0.1, 0.15) is 17.2 Å². The highest BCUT2D eigenvalue weighted by Crippen LogP contribution is 2.23. The lowest BCUT2D eigenvalue weighted by atomic mass is 10.1. The van der Waals surface area contributed by atoms with Gasteiger partial charge in [0.25, 0.3) is 0 Å². The molecular formula is C20H24N2O3. The molecule has 2 aromatic carbocycles. The van der Waals surface area contributed by atoms with Crippen molar-refractivity contribution in [2.24, 2.45) is 0 Å². The molecule has 1 amide bonds. The van der Waals surface area contributed by atoms with Crippen molar-refractivity contribution in [1.82, 2.24) is 4.90 Å². The molecule has 1 fully saturated rings. The number of hydrogen-bond acceptors (Lipinski definition) is 4. The predicted molar refractivity (Wildman–Crippen MR) is 98.0 cm³/mol. The van der Waals surface area contributed by atoms with E-state index in [4.69, 9.17) is 9.47 Å². The summed E-state index contributed by atoms with van der Waals surface area (Å²) in [6.07, 6.45) is 0.435. The van der Waals surface area contributed by atoms with E-state index in [9.17, 15) is 4.79 Å². The van der Waals surface area contributed by atoms with Gasteiger partial charge in [0.05, 0.1) is 26.2 Å². The first-order valence-corrected chi connectivity index (χ1v) is 8.47. The second-order valence-corrected chi connectivity index (χ2v) is 6.32. The van der Waals surface area contributed by atoms with Gasteiger partial charge in [-0.05, 0) is 42.4 Å². The summed E-state index contributed by atoms with van der Waals surface area (Å²) in [7, 11) is 3.73. The predicted octanol–water partition coefficient (Wildman–Crippen LogP) is 2.88. The Kier molecular flexibility index (Phi) is 5.68. The first-order valence-electron chi connectivity index (χ1n) is 8.47. The minimum Gasteiger partial charge on any atom is -0.497 e. The van der Waals surface area contributed by atoms with Gasteiger partial charge in [0, 0.05) is 18.8 Å². The van der Waals surface area contributed by atoms with Crippen LogP contribution in [0.25, 0.3) is 0 Å². The maximum Gasteiger partial charge on any atom is 0.228 e. The number of rotatable bonds is 5. The second kappa shape index (κ2) is 8.14. The lowest BCUT2D eigenvalue weighted by molar-refractivity contribution is -0.115. The first-order chi connectivity index (χ1) is 12.1. The molecule has 1 saturated heterocycles. The van der Waals surface area contributed by atoms with Gasteiger partial charge in [-0.25, -0.2) is 0 Å². The van der Waals surface area contributed by atoms with Crippen molar-refractivity contribution in [3.8, 4) is 5.75 Å². The average Bonchev–Trinajstić information content (AvgIpc) is 2.63. The highest BCUT2D eigenvalue weighted by atomic mass is 16.5. The average molecular weight is 340 g/mol. The molecular weight excluding hydrogens is 316 g/mol. The highest BCUT2D eigenvalue weighted by Gasteiger charge is 2.19. The molecule has 1 aliphatic heterocycles. The van der Waals surface area contributed by atoms with Crippen LogP contribution in [-0.2, 0) is 16.0 Å². The van der Waals surface area contributed by atoms with Crippen LogP contribution >= 0.6 is 0 Å². The number of benzene rings is 2. The molecule has 25 heavy (non-hydrogen) atoms. The third-order valence-electron chi connectivity index (χ3n) is 4.36. The lowest BCUT2D eigenvalue weighted by Crippen LogP contribution is -2.35. The molecule has 1 N–H and O–H groups in total. The standard InChI is InChI=1S/C20H24N2O3/c1-22-11-12-25-19(14-22)16-5-7-17(8-6-16)21-20(23)13-15-3-9-18(24-2)10-4-15/h3-10,19H,11-14H2,1-2H3,(H,21,23). The van der Waals surface area contributed by atoms with Gasteiger partial charge in [-0.2, -0.15) is 0 Å². The van der Waals surface area contributed by atoms with Crippen LogP contribution in [0.15, 0.2) is 48.5 Å². The van der Waals surface area contributed by atoms with Crippen molar-refractivity contribution in [2.75, 3.05) is 39.2 Å². The van der Waals surface area contributed by atoms with Crippen LogP contribution in [0, 0.1) is 0 Å². The number of nitrogens with zero attached hydrogens (tertiary/aromatic N) is 1. The number of carbonyl (C=O) groups excluding carboxylic acids is 1. The van der Waals surface area contributed by atoms with E-state index in [0.29, 0.717) is 6.42 Å². The van der Waals surface area contributed by atoms with Crippen molar-refractivity contribution in [2.45, 2.75) is 12.5 Å². The Morgan fingerprint density at radius 3 is 2.56 bits per heavy atom. The smallest absolute Gasteiger partial charge is 0.228 e. The third kappa shape index (κ3) is 4.81. The van der Waals surface area contributed by atoms with Crippen LogP contribution in [-0.4, -0.2) is 44.7 Å². The molecule has 0 bridgehead atoms. The normalized spacial score (nSPS) is 17.9. The number of hydrogen-bond donors (Lipinski definition) is 1. The lowest BCUT2D eigenvalue weighted by Gasteiger charge is -2.30. The molecule has 0 aliphatic carbocycles. The zero-order valence-electron chi connectivity index (χ0n) is 14.7. The molecule has 0 aromatic heterocycles. The molecule has 1 atom stereocenters. The Morgan fingerprint density at radius 2 is 1.92 bits per heavy atom. The van der Waals surface area contributed by atoms with Gasteiger partial charge in [0.15, 0.2) is 0 Å². The van der Waals surface area contributed by atoms with Crippen LogP contribution < -0.4 is 10.1 Å². The van der Waals surface area contributed by atoms with E-state index in [1.807, 2.05) is 48.5 Å². The summed E-state index contributed by atoms with van der Waals surface area (Å²) in [4.78, 5) is 14.5. The van der Waals surface area contributed by atoms with E-state index in [1.165, 1.54) is 0 Å². The number of nitrogens with one attached hydrogen (secondary N) is 1. The van der Waals surface area contributed by atoms with Gasteiger partial charge in [-0.1, -0.05) is 24.3 Å². The van der Waals surface area contributed by atoms with Crippen LogP contribution in [0.5, 0.6) is 5.75 Å². The zero-order chi connectivity index (χ0) is 17.6. The fourth-order valence-electron chi connectivity index (χ4n) is 2.89. The number of anilines is 1. The molecule has 1 unspecified atom stereocenters. The Hall–Kier alpha value is -2.37. The zero-order valence-corrected chi connectivity index (χ0v) is 14.7. The Bertz CT molecular complexity index is 698. The van der Waals surface area contributed by atoms with Crippen molar-refractivity contribution < 1.29 is 14.3 Å². The summed E-state index contributed by atoms with van der Waals surface area (Å²) >= 11 is 0. The fourth-order valence-corrected chi connectivity index (χ4v) is 2.89. The summed E-state index contributed by atoms with van der Waals surface area (Å²) in [6.45, 7) is 2.61. The number of amides is 1. The molecule has 0 radical (unpaired) electrons. The molecule has 2 aromatic rings. The van der Waals surface area contributed by atoms with Crippen molar-refractivity contribution in [3.05, 3.63) is 59.7 Å². The van der Waals surface area contributed by atoms with Crippen LogP contribution in [0.2, 0.25) is 0 Å². The monoisotopic (exact) mass is 340 g/mol. The van der Waals surface area contributed by atoms with Gasteiger partial charge in [-0.3, -0.25) is 4.79 Å². The van der Waals surface area contributed by atoms with Gasteiger partial charge in [0.2, 0.25) is 5.91 Å². The fraction of sp³-hybridized carbons (Fsp3) is 0.350. The third-order valence-corrected chi connectivity index (χ3v) is 4.36. The van der Waals surface area contributed by atoms with Crippen LogP contribution in [0.4, 0.5) is 5.69 Å². The summed E-state index contributed by atoms with van der Waals surface area (Å²) in [6, 6.07) is 15.4. The van der Waals surface area contributed by atoms with Gasteiger partial charge in [-0.15, -0.1) is 0 Å². The van der Waals surface area contributed by atoms with E-state index in [-0.39, 0.29) is 12.0 Å². The van der Waals surface area contributed by atoms with Gasteiger partial charge in [0.1, 0.15) is 5.75 Å². The van der Waals surface area contributed by atoms with Crippen molar-refractivity contribution >= 4 is 11.6 Å². The maximum atomic E-state index is 12.2. The molecule has 0 saturated carbocycles. The van der Waals surface area contributed by atoms with E-state index in [2.05, 4.69) is 17.3 Å². The summed E-state index contributed by atoms with van der Waals surface area (Å²) < 4.78 is 10.9. The molecule has 1 aliphatic rings. The Morgan fingerprint density at radius 1 is 1.20 bits per heavy atom. The summed E-state index contributed by atoms with van der Waals surface area (Å²) in [5.41, 5.74) is 2.89. The van der Waals surface area contributed by atoms with Gasteiger partial charge >= 0.3 is 0 Å². The molecule has 3 rings (SSSR count). The molecule has 5 heteroatoms. The van der Waals surface area contributed by atoms with E-state index in [1.54, 1.807) is 7.11 Å². The number of likely N-dealkylation sites (N-methyl/N-ethyl adjacent to an activating group) is 1. The minimum atomic E-state index is -0.0356. The number of morpholine rings is 1. The second-order valence-electron chi connectivity index (χ2n) is 6.32.